The molecule has 1 unspecified atom stereocenters. The predicted molar refractivity (Wildman–Crippen MR) is 92.2 cm³/mol. The van der Waals surface area contributed by atoms with E-state index in [-0.39, 0.29) is 5.56 Å². The molecule has 0 aliphatic carbocycles. The molecular formula is C17H14F3N3O2S. The summed E-state index contributed by atoms with van der Waals surface area (Å²) in [6.45, 7) is 1.74. The zero-order chi connectivity index (χ0) is 19.1. The number of nitrogens with one attached hydrogen (secondary N) is 1. The lowest BCUT2D eigenvalue weighted by atomic mass is 10.2. The van der Waals surface area contributed by atoms with Gasteiger partial charge in [-0.2, -0.15) is 13.2 Å². The molecule has 2 heterocycles. The summed E-state index contributed by atoms with van der Waals surface area (Å²) >= 11 is 1.42. The highest BCUT2D eigenvalue weighted by Crippen LogP contribution is 2.30. The van der Waals surface area contributed by atoms with Crippen LogP contribution in [0.3, 0.4) is 0 Å². The predicted octanol–water partition coefficient (Wildman–Crippen LogP) is 3.84. The Morgan fingerprint density at radius 2 is 1.92 bits per heavy atom. The van der Waals surface area contributed by atoms with Crippen LogP contribution in [-0.4, -0.2) is 27.8 Å². The molecule has 1 atom stereocenters. The van der Waals surface area contributed by atoms with Gasteiger partial charge in [0.15, 0.2) is 0 Å². The molecule has 0 radical (unpaired) electrons. The molecule has 0 fully saturated rings. The van der Waals surface area contributed by atoms with Crippen molar-refractivity contribution in [2.75, 3.05) is 7.05 Å². The highest BCUT2D eigenvalue weighted by Gasteiger charge is 2.33. The minimum absolute atomic E-state index is 0.353. The monoisotopic (exact) mass is 381 g/mol. The molecule has 0 spiro atoms. The normalized spacial score (nSPS) is 13.0. The van der Waals surface area contributed by atoms with Gasteiger partial charge in [-0.25, -0.2) is 4.98 Å². The van der Waals surface area contributed by atoms with E-state index >= 15 is 0 Å². The van der Waals surface area contributed by atoms with E-state index in [9.17, 15) is 22.8 Å². The third kappa shape index (κ3) is 3.34. The number of benzene rings is 1. The van der Waals surface area contributed by atoms with Crippen molar-refractivity contribution < 1.29 is 18.0 Å². The van der Waals surface area contributed by atoms with Crippen LogP contribution in [-0.2, 0) is 6.18 Å². The number of nitrogens with zero attached hydrogens (tertiary/aromatic N) is 2. The van der Waals surface area contributed by atoms with Crippen molar-refractivity contribution in [3.05, 3.63) is 63.0 Å². The van der Waals surface area contributed by atoms with E-state index in [1.54, 1.807) is 11.9 Å². The number of thiazole rings is 1. The topological polar surface area (TPSA) is 66.1 Å². The van der Waals surface area contributed by atoms with Crippen LogP contribution in [0.4, 0.5) is 13.2 Å². The molecule has 1 aromatic carbocycles. The molecule has 2 aromatic heterocycles. The number of carbonyl (C=O) groups is 1. The maximum absolute atomic E-state index is 12.6. The second kappa shape index (κ2) is 6.56. The number of aromatic nitrogens is 2. The first-order chi connectivity index (χ1) is 12.2. The number of fused-ring (bicyclic) bond motifs is 1. The quantitative estimate of drug-likeness (QED) is 0.750. The van der Waals surface area contributed by atoms with Crippen molar-refractivity contribution in [2.24, 2.45) is 0 Å². The molecule has 9 heteroatoms. The van der Waals surface area contributed by atoms with Crippen molar-refractivity contribution in [3.63, 3.8) is 0 Å². The Hall–Kier alpha value is -2.68. The van der Waals surface area contributed by atoms with Gasteiger partial charge in [0.2, 0.25) is 0 Å². The molecule has 0 aliphatic heterocycles. The molecule has 136 valence electrons. The summed E-state index contributed by atoms with van der Waals surface area (Å²) in [7, 11) is 1.48. The van der Waals surface area contributed by atoms with Gasteiger partial charge in [-0.05, 0) is 31.2 Å². The first-order valence-corrected chi connectivity index (χ1v) is 8.43. The standard InChI is InChI=1S/C17H14F3N3O2S/c1-9(15-21-11-5-3-4-6-12(11)26-15)23(2)16(25)10-7-8-13(17(18,19)20)22-14(10)24/h3-9H,1-2H3,(H,22,24). The third-order valence-corrected chi connectivity index (χ3v) is 5.22. The van der Waals surface area contributed by atoms with Crippen LogP contribution in [0.5, 0.6) is 0 Å². The second-order valence-corrected chi connectivity index (χ2v) is 6.79. The molecule has 0 bridgehead atoms. The number of halogens is 3. The fourth-order valence-electron chi connectivity index (χ4n) is 2.41. The van der Waals surface area contributed by atoms with Crippen LogP contribution < -0.4 is 5.56 Å². The number of hydrogen-bond donors (Lipinski definition) is 1. The zero-order valence-corrected chi connectivity index (χ0v) is 14.6. The van der Waals surface area contributed by atoms with Gasteiger partial charge in [-0.3, -0.25) is 9.59 Å². The molecule has 3 aromatic rings. The third-order valence-electron chi connectivity index (χ3n) is 4.01. The lowest BCUT2D eigenvalue weighted by Gasteiger charge is -2.23. The first kappa shape index (κ1) is 18.1. The molecule has 1 N–H and O–H groups in total. The summed E-state index contributed by atoms with van der Waals surface area (Å²) in [5.74, 6) is -0.674. The van der Waals surface area contributed by atoms with Crippen molar-refractivity contribution in [1.29, 1.82) is 0 Å². The number of carbonyl (C=O) groups excluding carboxylic acids is 1. The number of H-pyrrole nitrogens is 1. The fourth-order valence-corrected chi connectivity index (χ4v) is 3.47. The van der Waals surface area contributed by atoms with Gasteiger partial charge >= 0.3 is 6.18 Å². The van der Waals surface area contributed by atoms with Gasteiger partial charge in [0.1, 0.15) is 16.3 Å². The number of aromatic amines is 1. The number of pyridine rings is 1. The van der Waals surface area contributed by atoms with Gasteiger partial charge in [-0.1, -0.05) is 12.1 Å². The molecule has 3 rings (SSSR count). The molecule has 5 nitrogen and oxygen atoms in total. The lowest BCUT2D eigenvalue weighted by Crippen LogP contribution is -2.34. The van der Waals surface area contributed by atoms with Crippen LogP contribution in [0.1, 0.15) is 34.0 Å². The van der Waals surface area contributed by atoms with E-state index in [2.05, 4.69) is 4.98 Å². The fraction of sp³-hybridized carbons (Fsp3) is 0.235. The Morgan fingerprint density at radius 3 is 2.54 bits per heavy atom. The second-order valence-electron chi connectivity index (χ2n) is 5.72. The Kier molecular flexibility index (Phi) is 4.57. The Balaban J connectivity index is 1.88. The smallest absolute Gasteiger partial charge is 0.332 e. The Labute approximate surface area is 150 Å². The van der Waals surface area contributed by atoms with Crippen molar-refractivity contribution in [2.45, 2.75) is 19.1 Å². The summed E-state index contributed by atoms with van der Waals surface area (Å²) in [6.07, 6.45) is -4.68. The Morgan fingerprint density at radius 1 is 1.23 bits per heavy atom. The van der Waals surface area contributed by atoms with Gasteiger partial charge in [0.05, 0.1) is 16.3 Å². The van der Waals surface area contributed by atoms with Crippen molar-refractivity contribution in [3.8, 4) is 0 Å². The van der Waals surface area contributed by atoms with E-state index in [1.165, 1.54) is 23.3 Å². The highest BCUT2D eigenvalue weighted by molar-refractivity contribution is 7.18. The first-order valence-electron chi connectivity index (χ1n) is 7.61. The van der Waals surface area contributed by atoms with Crippen molar-refractivity contribution in [1.82, 2.24) is 14.9 Å². The number of rotatable bonds is 3. The summed E-state index contributed by atoms with van der Waals surface area (Å²) in [5, 5.41) is 0.672. The zero-order valence-electron chi connectivity index (χ0n) is 13.8. The largest absolute Gasteiger partial charge is 0.431 e. The molecule has 1 amide bonds. The molecule has 0 aliphatic rings. The van der Waals surface area contributed by atoms with Gasteiger partial charge in [-0.15, -0.1) is 11.3 Å². The number of alkyl halides is 3. The van der Waals surface area contributed by atoms with Crippen LogP contribution >= 0.6 is 11.3 Å². The maximum atomic E-state index is 12.6. The Bertz CT molecular complexity index is 993. The number of hydrogen-bond acceptors (Lipinski definition) is 4. The van der Waals surface area contributed by atoms with Crippen LogP contribution in [0.2, 0.25) is 0 Å². The van der Waals surface area contributed by atoms with Gasteiger partial charge in [0.25, 0.3) is 11.5 Å². The summed E-state index contributed by atoms with van der Waals surface area (Å²) in [5.41, 5.74) is -1.82. The number of amides is 1. The SMILES string of the molecule is CC(c1nc2ccccc2s1)N(C)C(=O)c1ccc(C(F)(F)F)[nH]c1=O. The van der Waals surface area contributed by atoms with Crippen molar-refractivity contribution >= 4 is 27.5 Å². The average molecular weight is 381 g/mol. The molecule has 26 heavy (non-hydrogen) atoms. The van der Waals surface area contributed by atoms with Crippen LogP contribution in [0.15, 0.2) is 41.2 Å². The number of para-hydroxylation sites is 1. The summed E-state index contributed by atoms with van der Waals surface area (Å²) in [6, 6.07) is 8.63. The maximum Gasteiger partial charge on any atom is 0.431 e. The van der Waals surface area contributed by atoms with E-state index in [4.69, 9.17) is 0 Å². The van der Waals surface area contributed by atoms with Crippen LogP contribution in [0.25, 0.3) is 10.2 Å². The van der Waals surface area contributed by atoms with Gasteiger partial charge < -0.3 is 9.88 Å². The molecular weight excluding hydrogens is 367 g/mol. The summed E-state index contributed by atoms with van der Waals surface area (Å²) in [4.78, 5) is 31.9. The van der Waals surface area contributed by atoms with E-state index < -0.39 is 29.4 Å². The molecule has 0 saturated carbocycles. The van der Waals surface area contributed by atoms with E-state index in [0.29, 0.717) is 11.1 Å². The van der Waals surface area contributed by atoms with Crippen LogP contribution in [0, 0.1) is 0 Å². The van der Waals surface area contributed by atoms with Gasteiger partial charge in [0, 0.05) is 7.05 Å². The van der Waals surface area contributed by atoms with E-state index in [1.807, 2.05) is 24.3 Å². The highest BCUT2D eigenvalue weighted by atomic mass is 32.1. The lowest BCUT2D eigenvalue weighted by molar-refractivity contribution is -0.141. The average Bonchev–Trinajstić information content (AvgIpc) is 3.03. The summed E-state index contributed by atoms with van der Waals surface area (Å²) < 4.78 is 38.9. The molecule has 0 saturated heterocycles. The van der Waals surface area contributed by atoms with E-state index in [0.717, 1.165) is 16.3 Å². The minimum Gasteiger partial charge on any atom is -0.332 e. The minimum atomic E-state index is -4.68.